The molecule has 2 rings (SSSR count). The molecule has 0 spiro atoms. The fourth-order valence-electron chi connectivity index (χ4n) is 2.04. The summed E-state index contributed by atoms with van der Waals surface area (Å²) in [7, 11) is 0. The standard InChI is InChI=1S/C15H18N2/c1-11-7-12(2)9-14(8-11)10-17-15-5-4-6-16-13(15)3/h4-9,17H,10H2,1-3H3. The van der Waals surface area contributed by atoms with E-state index in [9.17, 15) is 0 Å². The van der Waals surface area contributed by atoms with Gasteiger partial charge in [0, 0.05) is 12.7 Å². The minimum Gasteiger partial charge on any atom is -0.380 e. The van der Waals surface area contributed by atoms with Crippen LogP contribution in [0.4, 0.5) is 5.69 Å². The van der Waals surface area contributed by atoms with Crippen molar-refractivity contribution < 1.29 is 0 Å². The second kappa shape index (κ2) is 5.00. The van der Waals surface area contributed by atoms with Crippen LogP contribution in [0.5, 0.6) is 0 Å². The maximum Gasteiger partial charge on any atom is 0.0603 e. The number of nitrogens with one attached hydrogen (secondary N) is 1. The van der Waals surface area contributed by atoms with E-state index in [4.69, 9.17) is 0 Å². The van der Waals surface area contributed by atoms with Crippen molar-refractivity contribution in [3.8, 4) is 0 Å². The summed E-state index contributed by atoms with van der Waals surface area (Å²) in [6, 6.07) is 10.6. The smallest absolute Gasteiger partial charge is 0.0603 e. The van der Waals surface area contributed by atoms with Gasteiger partial charge < -0.3 is 5.32 Å². The van der Waals surface area contributed by atoms with Gasteiger partial charge in [-0.25, -0.2) is 0 Å². The summed E-state index contributed by atoms with van der Waals surface area (Å²) < 4.78 is 0. The molecule has 1 aromatic carbocycles. The Bertz CT molecular complexity index is 498. The topological polar surface area (TPSA) is 24.9 Å². The summed E-state index contributed by atoms with van der Waals surface area (Å²) in [4.78, 5) is 4.26. The first-order valence-corrected chi connectivity index (χ1v) is 5.88. The third-order valence-electron chi connectivity index (χ3n) is 2.77. The van der Waals surface area contributed by atoms with E-state index in [-0.39, 0.29) is 0 Å². The number of aryl methyl sites for hydroxylation is 3. The van der Waals surface area contributed by atoms with Gasteiger partial charge in [-0.1, -0.05) is 29.3 Å². The molecular weight excluding hydrogens is 208 g/mol. The highest BCUT2D eigenvalue weighted by Gasteiger charge is 1.99. The molecule has 2 heteroatoms. The molecule has 0 fully saturated rings. The molecule has 1 aromatic heterocycles. The fraction of sp³-hybridized carbons (Fsp3) is 0.267. The van der Waals surface area contributed by atoms with Gasteiger partial charge in [-0.3, -0.25) is 4.98 Å². The molecule has 0 saturated carbocycles. The van der Waals surface area contributed by atoms with Crippen molar-refractivity contribution in [3.63, 3.8) is 0 Å². The summed E-state index contributed by atoms with van der Waals surface area (Å²) in [5.41, 5.74) is 6.07. The molecule has 0 unspecified atom stereocenters. The zero-order valence-electron chi connectivity index (χ0n) is 10.6. The maximum absolute atomic E-state index is 4.26. The van der Waals surface area contributed by atoms with E-state index in [1.54, 1.807) is 0 Å². The maximum atomic E-state index is 4.26. The van der Waals surface area contributed by atoms with Crippen molar-refractivity contribution in [1.82, 2.24) is 4.98 Å². The van der Waals surface area contributed by atoms with Gasteiger partial charge in [0.25, 0.3) is 0 Å². The lowest BCUT2D eigenvalue weighted by atomic mass is 10.1. The zero-order chi connectivity index (χ0) is 12.3. The average molecular weight is 226 g/mol. The Hall–Kier alpha value is -1.83. The average Bonchev–Trinajstić information content (AvgIpc) is 2.27. The van der Waals surface area contributed by atoms with Crippen LogP contribution >= 0.6 is 0 Å². The van der Waals surface area contributed by atoms with Gasteiger partial charge in [-0.05, 0) is 38.5 Å². The van der Waals surface area contributed by atoms with Gasteiger partial charge in [0.05, 0.1) is 11.4 Å². The molecular formula is C15H18N2. The number of hydrogen-bond donors (Lipinski definition) is 1. The zero-order valence-corrected chi connectivity index (χ0v) is 10.6. The highest BCUT2D eigenvalue weighted by molar-refractivity contribution is 5.47. The minimum atomic E-state index is 0.842. The molecule has 0 bridgehead atoms. The van der Waals surface area contributed by atoms with Crippen molar-refractivity contribution in [1.29, 1.82) is 0 Å². The monoisotopic (exact) mass is 226 g/mol. The predicted molar refractivity (Wildman–Crippen MR) is 72.2 cm³/mol. The second-order valence-electron chi connectivity index (χ2n) is 4.49. The van der Waals surface area contributed by atoms with E-state index < -0.39 is 0 Å². The lowest BCUT2D eigenvalue weighted by molar-refractivity contribution is 1.10. The number of rotatable bonds is 3. The third kappa shape index (κ3) is 3.06. The van der Waals surface area contributed by atoms with Gasteiger partial charge in [0.2, 0.25) is 0 Å². The molecule has 2 nitrogen and oxygen atoms in total. The van der Waals surface area contributed by atoms with Crippen LogP contribution in [0, 0.1) is 20.8 Å². The van der Waals surface area contributed by atoms with E-state index in [2.05, 4.69) is 48.4 Å². The molecule has 0 radical (unpaired) electrons. The normalized spacial score (nSPS) is 10.3. The van der Waals surface area contributed by atoms with Crippen molar-refractivity contribution in [2.75, 3.05) is 5.32 Å². The first-order chi connectivity index (χ1) is 8.15. The summed E-state index contributed by atoms with van der Waals surface area (Å²) in [6.07, 6.45) is 1.82. The van der Waals surface area contributed by atoms with Crippen LogP contribution in [0.2, 0.25) is 0 Å². The molecule has 0 aliphatic carbocycles. The lowest BCUT2D eigenvalue weighted by Gasteiger charge is -2.10. The number of benzene rings is 1. The molecule has 0 amide bonds. The number of nitrogens with zero attached hydrogens (tertiary/aromatic N) is 1. The van der Waals surface area contributed by atoms with E-state index in [0.29, 0.717) is 0 Å². The van der Waals surface area contributed by atoms with Gasteiger partial charge in [-0.15, -0.1) is 0 Å². The van der Waals surface area contributed by atoms with Gasteiger partial charge >= 0.3 is 0 Å². The summed E-state index contributed by atoms with van der Waals surface area (Å²) in [6.45, 7) is 7.12. The van der Waals surface area contributed by atoms with Crippen LogP contribution in [0.25, 0.3) is 0 Å². The molecule has 1 heterocycles. The molecule has 0 saturated heterocycles. The Morgan fingerprint density at radius 1 is 1.06 bits per heavy atom. The molecule has 0 atom stereocenters. The first-order valence-electron chi connectivity index (χ1n) is 5.88. The van der Waals surface area contributed by atoms with Crippen LogP contribution < -0.4 is 5.32 Å². The highest BCUT2D eigenvalue weighted by Crippen LogP contribution is 2.14. The Morgan fingerprint density at radius 3 is 2.41 bits per heavy atom. The lowest BCUT2D eigenvalue weighted by Crippen LogP contribution is -2.02. The van der Waals surface area contributed by atoms with E-state index in [0.717, 1.165) is 17.9 Å². The van der Waals surface area contributed by atoms with Crippen LogP contribution in [0.15, 0.2) is 36.5 Å². The Kier molecular flexibility index (Phi) is 3.43. The number of anilines is 1. The minimum absolute atomic E-state index is 0.842. The SMILES string of the molecule is Cc1cc(C)cc(CNc2cccnc2C)c1. The van der Waals surface area contributed by atoms with Crippen molar-refractivity contribution in [2.24, 2.45) is 0 Å². The second-order valence-corrected chi connectivity index (χ2v) is 4.49. The number of hydrogen-bond acceptors (Lipinski definition) is 2. The van der Waals surface area contributed by atoms with Crippen LogP contribution in [-0.2, 0) is 6.54 Å². The van der Waals surface area contributed by atoms with Crippen LogP contribution in [0.3, 0.4) is 0 Å². The summed E-state index contributed by atoms with van der Waals surface area (Å²) in [5, 5.41) is 3.42. The number of pyridine rings is 1. The molecule has 0 aliphatic heterocycles. The highest BCUT2D eigenvalue weighted by atomic mass is 14.9. The Labute approximate surface area is 103 Å². The summed E-state index contributed by atoms with van der Waals surface area (Å²) in [5.74, 6) is 0. The van der Waals surface area contributed by atoms with Crippen LogP contribution in [0.1, 0.15) is 22.4 Å². The summed E-state index contributed by atoms with van der Waals surface area (Å²) >= 11 is 0. The van der Waals surface area contributed by atoms with Crippen molar-refractivity contribution >= 4 is 5.69 Å². The Morgan fingerprint density at radius 2 is 1.76 bits per heavy atom. The van der Waals surface area contributed by atoms with E-state index in [1.165, 1.54) is 16.7 Å². The van der Waals surface area contributed by atoms with Crippen molar-refractivity contribution in [3.05, 3.63) is 58.9 Å². The van der Waals surface area contributed by atoms with Crippen molar-refractivity contribution in [2.45, 2.75) is 27.3 Å². The molecule has 17 heavy (non-hydrogen) atoms. The van der Waals surface area contributed by atoms with E-state index >= 15 is 0 Å². The molecule has 2 aromatic rings. The fourth-order valence-corrected chi connectivity index (χ4v) is 2.04. The Balaban J connectivity index is 2.10. The quantitative estimate of drug-likeness (QED) is 0.864. The van der Waals surface area contributed by atoms with Gasteiger partial charge in [0.1, 0.15) is 0 Å². The van der Waals surface area contributed by atoms with E-state index in [1.807, 2.05) is 19.2 Å². The molecule has 1 N–H and O–H groups in total. The van der Waals surface area contributed by atoms with Gasteiger partial charge in [0.15, 0.2) is 0 Å². The first kappa shape index (κ1) is 11.6. The predicted octanol–water partition coefficient (Wildman–Crippen LogP) is 3.62. The van der Waals surface area contributed by atoms with Crippen LogP contribution in [-0.4, -0.2) is 4.98 Å². The molecule has 0 aliphatic rings. The third-order valence-corrected chi connectivity index (χ3v) is 2.77. The van der Waals surface area contributed by atoms with Gasteiger partial charge in [-0.2, -0.15) is 0 Å². The number of aromatic nitrogens is 1. The largest absolute Gasteiger partial charge is 0.380 e. The molecule has 88 valence electrons.